The van der Waals surface area contributed by atoms with Gasteiger partial charge in [-0.2, -0.15) is 0 Å². The Labute approximate surface area is 273 Å². The van der Waals surface area contributed by atoms with E-state index in [1.165, 1.54) is 49.7 Å². The van der Waals surface area contributed by atoms with E-state index < -0.39 is 59.2 Å². The highest BCUT2D eigenvalue weighted by atomic mass is 32.2. The van der Waals surface area contributed by atoms with Crippen molar-refractivity contribution >= 4 is 42.8 Å². The Morgan fingerprint density at radius 2 is 1.66 bits per heavy atom. The molecule has 9 nitrogen and oxygen atoms in total. The van der Waals surface area contributed by atoms with E-state index in [-0.39, 0.29) is 57.2 Å². The first kappa shape index (κ1) is 33.3. The molecule has 2 aromatic carbocycles. The van der Waals surface area contributed by atoms with Crippen LogP contribution in [0.2, 0.25) is 0 Å². The lowest BCUT2D eigenvalue weighted by Gasteiger charge is -2.28. The first-order valence-electron chi connectivity index (χ1n) is 14.8. The Balaban J connectivity index is 1.36. The number of nitrogens with zero attached hydrogens (tertiary/aromatic N) is 3. The van der Waals surface area contributed by atoms with Gasteiger partial charge in [0.2, 0.25) is 12.4 Å². The van der Waals surface area contributed by atoms with Crippen molar-refractivity contribution in [2.45, 2.75) is 73.5 Å². The van der Waals surface area contributed by atoms with E-state index >= 15 is 4.39 Å². The lowest BCUT2D eigenvalue weighted by atomic mass is 9.95. The van der Waals surface area contributed by atoms with E-state index in [0.29, 0.717) is 25.7 Å². The van der Waals surface area contributed by atoms with Crippen molar-refractivity contribution in [3.8, 4) is 21.8 Å². The van der Waals surface area contributed by atoms with Gasteiger partial charge in [-0.25, -0.2) is 49.3 Å². The van der Waals surface area contributed by atoms with Crippen LogP contribution in [0.4, 0.5) is 29.2 Å². The Bertz CT molecular complexity index is 2030. The number of halogens is 4. The van der Waals surface area contributed by atoms with Crippen molar-refractivity contribution in [2.24, 2.45) is 0 Å². The molecular formula is C31H31F4N5O4S3. The molecular weight excluding hydrogens is 679 g/mol. The summed E-state index contributed by atoms with van der Waals surface area (Å²) in [5, 5.41) is 2.93. The van der Waals surface area contributed by atoms with Crippen LogP contribution in [0.15, 0.2) is 53.6 Å². The predicted octanol–water partition coefficient (Wildman–Crippen LogP) is 6.72. The van der Waals surface area contributed by atoms with Crippen molar-refractivity contribution < 1.29 is 34.4 Å². The van der Waals surface area contributed by atoms with Gasteiger partial charge in [0.1, 0.15) is 25.6 Å². The Morgan fingerprint density at radius 1 is 0.957 bits per heavy atom. The molecule has 47 heavy (non-hydrogen) atoms. The summed E-state index contributed by atoms with van der Waals surface area (Å²) in [7, 11) is -7.70. The van der Waals surface area contributed by atoms with Crippen molar-refractivity contribution in [1.82, 2.24) is 15.0 Å². The zero-order chi connectivity index (χ0) is 33.7. The molecule has 2 N–H and O–H groups in total. The molecule has 2 aliphatic carbocycles. The molecule has 0 unspecified atom stereocenters. The summed E-state index contributed by atoms with van der Waals surface area (Å²) in [6, 6.07) is 9.12. The van der Waals surface area contributed by atoms with Crippen LogP contribution in [-0.2, 0) is 25.3 Å². The van der Waals surface area contributed by atoms with Crippen LogP contribution in [0, 0.1) is 18.6 Å². The predicted molar refractivity (Wildman–Crippen MR) is 172 cm³/mol. The molecule has 0 bridgehead atoms. The summed E-state index contributed by atoms with van der Waals surface area (Å²) in [5.74, 6) is -1.80. The van der Waals surface area contributed by atoms with Crippen LogP contribution in [0.25, 0.3) is 21.8 Å². The second-order valence-corrected chi connectivity index (χ2v) is 17.0. The standard InChI is InChI=1S/C31H31F4N5O4S3/c1-17-5-3-7-21(32)27(17)47(43,44)40-22-8-4-6-20(24(22)33)25-26(45-29(39-25)31(14-15-31)28(34)35)23-13-16-36-30(38-23)37-18-9-11-19(12-10-18)46(2,41)42/h3-8,13,16,18-19,28,40H,9-12,14-15H2,1-2H3,(H,36,37,38)/t18-,19-. The molecule has 16 heteroatoms. The van der Waals surface area contributed by atoms with Crippen molar-refractivity contribution in [1.29, 1.82) is 0 Å². The van der Waals surface area contributed by atoms with Crippen LogP contribution in [0.5, 0.6) is 0 Å². The molecule has 0 radical (unpaired) electrons. The number of benzene rings is 2. The summed E-state index contributed by atoms with van der Waals surface area (Å²) in [4.78, 5) is 13.0. The van der Waals surface area contributed by atoms with Crippen LogP contribution < -0.4 is 10.0 Å². The third kappa shape index (κ3) is 6.59. The summed E-state index contributed by atoms with van der Waals surface area (Å²) < 4.78 is 111. The number of aromatic nitrogens is 3. The molecule has 2 aliphatic rings. The molecule has 6 rings (SSSR count). The van der Waals surface area contributed by atoms with E-state index in [9.17, 15) is 30.0 Å². The molecule has 2 fully saturated rings. The first-order valence-corrected chi connectivity index (χ1v) is 19.1. The number of sulfone groups is 1. The zero-order valence-corrected chi connectivity index (χ0v) is 27.8. The lowest BCUT2D eigenvalue weighted by molar-refractivity contribution is 0.102. The maximum atomic E-state index is 16.2. The van der Waals surface area contributed by atoms with Gasteiger partial charge < -0.3 is 5.32 Å². The monoisotopic (exact) mass is 709 g/mol. The summed E-state index contributed by atoms with van der Waals surface area (Å²) in [5.41, 5.74) is -1.71. The average Bonchev–Trinajstić information content (AvgIpc) is 3.71. The van der Waals surface area contributed by atoms with Gasteiger partial charge in [-0.05, 0) is 75.3 Å². The van der Waals surface area contributed by atoms with Gasteiger partial charge in [-0.15, -0.1) is 11.3 Å². The fourth-order valence-electron chi connectivity index (χ4n) is 5.87. The van der Waals surface area contributed by atoms with Gasteiger partial charge in [-0.1, -0.05) is 18.2 Å². The summed E-state index contributed by atoms with van der Waals surface area (Å²) >= 11 is 0.961. The van der Waals surface area contributed by atoms with E-state index in [1.54, 1.807) is 6.07 Å². The van der Waals surface area contributed by atoms with Crippen molar-refractivity contribution in [2.75, 3.05) is 16.3 Å². The van der Waals surface area contributed by atoms with Gasteiger partial charge in [-0.3, -0.25) is 4.72 Å². The Morgan fingerprint density at radius 3 is 2.30 bits per heavy atom. The average molecular weight is 710 g/mol. The molecule has 4 aromatic rings. The summed E-state index contributed by atoms with van der Waals surface area (Å²) in [6.45, 7) is 1.41. The highest BCUT2D eigenvalue weighted by Gasteiger charge is 2.55. The van der Waals surface area contributed by atoms with Crippen LogP contribution >= 0.6 is 11.3 Å². The van der Waals surface area contributed by atoms with E-state index in [2.05, 4.69) is 25.0 Å². The SMILES string of the molecule is Cc1cccc(F)c1S(=O)(=O)Nc1cccc(-c2nc(C3(C(F)F)CC3)sc2-c2ccnc(N[C@H]3CC[C@H](S(C)(=O)=O)CC3)n2)c1F. The Kier molecular flexibility index (Phi) is 8.80. The molecule has 0 saturated heterocycles. The largest absolute Gasteiger partial charge is 0.351 e. The molecule has 250 valence electrons. The van der Waals surface area contributed by atoms with Gasteiger partial charge in [0.15, 0.2) is 5.82 Å². The molecule has 2 saturated carbocycles. The lowest BCUT2D eigenvalue weighted by Crippen LogP contribution is -2.32. The van der Waals surface area contributed by atoms with Gasteiger partial charge >= 0.3 is 0 Å². The molecule has 0 spiro atoms. The molecule has 0 atom stereocenters. The number of hydrogen-bond acceptors (Lipinski definition) is 9. The normalized spacial score (nSPS) is 19.5. The zero-order valence-electron chi connectivity index (χ0n) is 25.3. The fraction of sp³-hybridized carbons (Fsp3) is 0.387. The Hall–Kier alpha value is -3.63. The summed E-state index contributed by atoms with van der Waals surface area (Å²) in [6.07, 6.45) is 2.54. The second-order valence-electron chi connectivity index (χ2n) is 12.0. The van der Waals surface area contributed by atoms with E-state index in [4.69, 9.17) is 0 Å². The van der Waals surface area contributed by atoms with E-state index in [0.717, 1.165) is 17.4 Å². The molecule has 2 heterocycles. The van der Waals surface area contributed by atoms with Crippen LogP contribution in [-0.4, -0.2) is 55.8 Å². The van der Waals surface area contributed by atoms with E-state index in [1.807, 2.05) is 0 Å². The topological polar surface area (TPSA) is 131 Å². The molecule has 0 amide bonds. The van der Waals surface area contributed by atoms with Crippen LogP contribution in [0.3, 0.4) is 0 Å². The number of sulfonamides is 1. The number of thiazole rings is 1. The minimum atomic E-state index is -4.55. The molecule has 2 aromatic heterocycles. The van der Waals surface area contributed by atoms with Gasteiger partial charge in [0.05, 0.1) is 32.6 Å². The van der Waals surface area contributed by atoms with Crippen molar-refractivity contribution in [3.63, 3.8) is 0 Å². The highest BCUT2D eigenvalue weighted by Crippen LogP contribution is 2.56. The van der Waals surface area contributed by atoms with Gasteiger partial charge in [0.25, 0.3) is 10.0 Å². The number of nitrogens with one attached hydrogen (secondary N) is 2. The first-order chi connectivity index (χ1) is 22.2. The molecule has 0 aliphatic heterocycles. The van der Waals surface area contributed by atoms with Crippen molar-refractivity contribution in [3.05, 3.63) is 70.9 Å². The smallest absolute Gasteiger partial charge is 0.265 e. The number of anilines is 2. The third-order valence-electron chi connectivity index (χ3n) is 8.69. The number of hydrogen-bond donors (Lipinski definition) is 2. The maximum Gasteiger partial charge on any atom is 0.265 e. The van der Waals surface area contributed by atoms with Crippen LogP contribution in [0.1, 0.15) is 49.1 Å². The van der Waals surface area contributed by atoms with Gasteiger partial charge in [0, 0.05) is 24.1 Å². The minimum Gasteiger partial charge on any atom is -0.351 e. The second kappa shape index (κ2) is 12.4. The number of aryl methyl sites for hydroxylation is 1. The highest BCUT2D eigenvalue weighted by molar-refractivity contribution is 7.92. The number of rotatable bonds is 10. The maximum absolute atomic E-state index is 16.2. The quantitative estimate of drug-likeness (QED) is 0.174. The minimum absolute atomic E-state index is 0.00384. The number of alkyl halides is 2. The third-order valence-corrected chi connectivity index (χ3v) is 13.2. The fourth-order valence-corrected chi connectivity index (χ4v) is 9.66.